The van der Waals surface area contributed by atoms with Gasteiger partial charge in [-0.3, -0.25) is 0 Å². The predicted octanol–water partition coefficient (Wildman–Crippen LogP) is 3.42. The Balaban J connectivity index is 1.93. The van der Waals surface area contributed by atoms with Crippen LogP contribution < -0.4 is 4.72 Å². The molecule has 1 aromatic carbocycles. The van der Waals surface area contributed by atoms with Crippen molar-refractivity contribution in [1.82, 2.24) is 9.62 Å². The highest BCUT2D eigenvalue weighted by Gasteiger charge is 2.31. The Bertz CT molecular complexity index is 747. The van der Waals surface area contributed by atoms with E-state index in [0.717, 1.165) is 0 Å². The summed E-state index contributed by atoms with van der Waals surface area (Å²) in [7, 11) is -3.56. The minimum Gasteiger partial charge on any atom is -0.444 e. The number of nitrogens with one attached hydrogen (secondary N) is 1. The molecule has 9 heteroatoms. The Morgan fingerprint density at radius 2 is 2.00 bits per heavy atom. The molecule has 1 aliphatic heterocycles. The molecule has 1 fully saturated rings. The summed E-state index contributed by atoms with van der Waals surface area (Å²) in [5.74, 6) is -0.202. The highest BCUT2D eigenvalue weighted by atomic mass is 35.5. The zero-order chi connectivity index (χ0) is 18.8. The number of amides is 1. The Hall–Kier alpha value is -1.02. The maximum atomic E-state index is 12.3. The molecule has 0 radical (unpaired) electrons. The molecule has 1 amide bonds. The van der Waals surface area contributed by atoms with Gasteiger partial charge in [-0.05, 0) is 44.9 Å². The highest BCUT2D eigenvalue weighted by Crippen LogP contribution is 2.23. The quantitative estimate of drug-likeness (QED) is 0.827. The first-order valence-corrected chi connectivity index (χ1v) is 10.3. The average Bonchev–Trinajstić information content (AvgIpc) is 2.88. The smallest absolute Gasteiger partial charge is 0.410 e. The first-order valence-electron chi connectivity index (χ1n) is 7.87. The van der Waals surface area contributed by atoms with Crippen molar-refractivity contribution in [2.24, 2.45) is 0 Å². The van der Waals surface area contributed by atoms with Crippen LogP contribution in [0.25, 0.3) is 0 Å². The van der Waals surface area contributed by atoms with Gasteiger partial charge >= 0.3 is 6.09 Å². The van der Waals surface area contributed by atoms with Gasteiger partial charge in [-0.1, -0.05) is 29.3 Å². The van der Waals surface area contributed by atoms with E-state index in [-0.39, 0.29) is 18.3 Å². The van der Waals surface area contributed by atoms with E-state index in [0.29, 0.717) is 28.6 Å². The van der Waals surface area contributed by atoms with Crippen LogP contribution in [0, 0.1) is 0 Å². The van der Waals surface area contributed by atoms with Crippen LogP contribution in [0.5, 0.6) is 0 Å². The number of hydrogen-bond donors (Lipinski definition) is 1. The molecule has 1 aromatic rings. The predicted molar refractivity (Wildman–Crippen MR) is 98.4 cm³/mol. The molecule has 0 saturated carbocycles. The molecular formula is C16H22Cl2N2O4S. The van der Waals surface area contributed by atoms with Crippen LogP contribution in [0.3, 0.4) is 0 Å². The Morgan fingerprint density at radius 1 is 1.32 bits per heavy atom. The van der Waals surface area contributed by atoms with Crippen LogP contribution in [0.1, 0.15) is 32.8 Å². The summed E-state index contributed by atoms with van der Waals surface area (Å²) >= 11 is 11.7. The second kappa shape index (κ2) is 7.70. The van der Waals surface area contributed by atoms with Gasteiger partial charge in [-0.2, -0.15) is 0 Å². The highest BCUT2D eigenvalue weighted by molar-refractivity contribution is 7.88. The summed E-state index contributed by atoms with van der Waals surface area (Å²) in [4.78, 5) is 13.5. The van der Waals surface area contributed by atoms with Crippen molar-refractivity contribution in [2.45, 2.75) is 44.6 Å². The molecule has 0 aliphatic carbocycles. The number of hydrogen-bond acceptors (Lipinski definition) is 4. The van der Waals surface area contributed by atoms with Crippen LogP contribution in [0.15, 0.2) is 18.2 Å². The van der Waals surface area contributed by atoms with E-state index in [9.17, 15) is 13.2 Å². The number of benzene rings is 1. The zero-order valence-electron chi connectivity index (χ0n) is 14.4. The monoisotopic (exact) mass is 408 g/mol. The van der Waals surface area contributed by atoms with E-state index < -0.39 is 21.7 Å². The van der Waals surface area contributed by atoms with Crippen molar-refractivity contribution in [3.05, 3.63) is 33.8 Å². The minimum absolute atomic E-state index is 0.202. The fraction of sp³-hybridized carbons (Fsp3) is 0.562. The fourth-order valence-electron chi connectivity index (χ4n) is 2.49. The topological polar surface area (TPSA) is 75.7 Å². The molecular weight excluding hydrogens is 387 g/mol. The Kier molecular flexibility index (Phi) is 6.25. The number of ether oxygens (including phenoxy) is 1. The van der Waals surface area contributed by atoms with E-state index in [1.54, 1.807) is 32.9 Å². The van der Waals surface area contributed by atoms with Crippen LogP contribution in [-0.2, 0) is 20.5 Å². The minimum atomic E-state index is -3.56. The largest absolute Gasteiger partial charge is 0.444 e. The van der Waals surface area contributed by atoms with Crippen LogP contribution in [0.2, 0.25) is 10.0 Å². The molecule has 0 aromatic heterocycles. The number of nitrogens with zero attached hydrogens (tertiary/aromatic N) is 1. The van der Waals surface area contributed by atoms with Gasteiger partial charge in [0.25, 0.3) is 0 Å². The van der Waals surface area contributed by atoms with Crippen molar-refractivity contribution >= 4 is 39.3 Å². The van der Waals surface area contributed by atoms with Crippen molar-refractivity contribution in [3.8, 4) is 0 Å². The lowest BCUT2D eigenvalue weighted by Gasteiger charge is -2.24. The Morgan fingerprint density at radius 3 is 2.60 bits per heavy atom. The molecule has 2 rings (SSSR count). The standard InChI is InChI=1S/C16H22Cl2N2O4S/c1-16(2,3)24-15(21)20-7-6-12(9-20)19-25(22,23)10-11-4-5-13(17)14(18)8-11/h4-5,8,12,19H,6-7,9-10H2,1-3H3. The Labute approximate surface area is 158 Å². The number of halogens is 2. The van der Waals surface area contributed by atoms with E-state index in [1.165, 1.54) is 11.0 Å². The molecule has 1 unspecified atom stereocenters. The third-order valence-electron chi connectivity index (χ3n) is 3.53. The molecule has 6 nitrogen and oxygen atoms in total. The van der Waals surface area contributed by atoms with Crippen molar-refractivity contribution < 1.29 is 17.9 Å². The maximum absolute atomic E-state index is 12.3. The van der Waals surface area contributed by atoms with Gasteiger partial charge in [-0.15, -0.1) is 0 Å². The van der Waals surface area contributed by atoms with Gasteiger partial charge in [0.15, 0.2) is 0 Å². The lowest BCUT2D eigenvalue weighted by Crippen LogP contribution is -2.40. The second-order valence-corrected chi connectivity index (χ2v) is 9.61. The van der Waals surface area contributed by atoms with Crippen LogP contribution >= 0.6 is 23.2 Å². The average molecular weight is 409 g/mol. The summed E-state index contributed by atoms with van der Waals surface area (Å²) in [6.07, 6.45) is 0.110. The molecule has 0 bridgehead atoms. The van der Waals surface area contributed by atoms with Gasteiger partial charge in [-0.25, -0.2) is 17.9 Å². The van der Waals surface area contributed by atoms with Gasteiger partial charge in [0, 0.05) is 19.1 Å². The van der Waals surface area contributed by atoms with E-state index >= 15 is 0 Å². The molecule has 1 atom stereocenters. The number of rotatable bonds is 4. The number of carbonyl (C=O) groups excluding carboxylic acids is 1. The van der Waals surface area contributed by atoms with Gasteiger partial charge in [0.05, 0.1) is 15.8 Å². The third kappa shape index (κ3) is 6.33. The van der Waals surface area contributed by atoms with Crippen molar-refractivity contribution in [3.63, 3.8) is 0 Å². The third-order valence-corrected chi connectivity index (χ3v) is 5.67. The number of likely N-dealkylation sites (tertiary alicyclic amines) is 1. The number of carbonyl (C=O) groups is 1. The molecule has 0 spiro atoms. The summed E-state index contributed by atoms with van der Waals surface area (Å²) in [6, 6.07) is 4.38. The maximum Gasteiger partial charge on any atom is 0.410 e. The summed E-state index contributed by atoms with van der Waals surface area (Å²) in [5, 5.41) is 0.686. The first-order chi connectivity index (χ1) is 11.5. The summed E-state index contributed by atoms with van der Waals surface area (Å²) < 4.78 is 32.6. The zero-order valence-corrected chi connectivity index (χ0v) is 16.7. The van der Waals surface area contributed by atoms with E-state index in [1.807, 2.05) is 0 Å². The van der Waals surface area contributed by atoms with E-state index in [4.69, 9.17) is 27.9 Å². The fourth-order valence-corrected chi connectivity index (χ4v) is 4.22. The van der Waals surface area contributed by atoms with Gasteiger partial charge in [0.2, 0.25) is 10.0 Å². The molecule has 1 heterocycles. The van der Waals surface area contributed by atoms with Crippen molar-refractivity contribution in [1.29, 1.82) is 0 Å². The lowest BCUT2D eigenvalue weighted by atomic mass is 10.2. The molecule has 140 valence electrons. The summed E-state index contributed by atoms with van der Waals surface area (Å²) in [5.41, 5.74) is -0.0356. The van der Waals surface area contributed by atoms with Gasteiger partial charge in [0.1, 0.15) is 5.60 Å². The second-order valence-electron chi connectivity index (χ2n) is 7.04. The molecule has 25 heavy (non-hydrogen) atoms. The molecule has 1 aliphatic rings. The SMILES string of the molecule is CC(C)(C)OC(=O)N1CCC(NS(=O)(=O)Cc2ccc(Cl)c(Cl)c2)C1. The molecule has 1 saturated heterocycles. The van der Waals surface area contributed by atoms with E-state index in [2.05, 4.69) is 4.72 Å². The first kappa shape index (κ1) is 20.3. The normalized spacial score (nSPS) is 18.4. The molecule has 1 N–H and O–H groups in total. The summed E-state index contributed by atoms with van der Waals surface area (Å²) in [6.45, 7) is 6.11. The van der Waals surface area contributed by atoms with Crippen LogP contribution in [-0.4, -0.2) is 44.1 Å². The van der Waals surface area contributed by atoms with Crippen molar-refractivity contribution in [2.75, 3.05) is 13.1 Å². The van der Waals surface area contributed by atoms with Crippen LogP contribution in [0.4, 0.5) is 4.79 Å². The number of sulfonamides is 1. The lowest BCUT2D eigenvalue weighted by molar-refractivity contribution is 0.0292. The van der Waals surface area contributed by atoms with Gasteiger partial charge < -0.3 is 9.64 Å².